The average Bonchev–Trinajstić information content (AvgIpc) is 2.25. The quantitative estimate of drug-likeness (QED) is 0.602. The molecule has 1 saturated heterocycles. The summed E-state index contributed by atoms with van der Waals surface area (Å²) < 4.78 is 6.62. The van der Waals surface area contributed by atoms with Crippen LogP contribution in [0.1, 0.15) is 11.8 Å². The normalized spacial score (nSPS) is 27.8. The summed E-state index contributed by atoms with van der Waals surface area (Å²) >= 11 is 0. The summed E-state index contributed by atoms with van der Waals surface area (Å²) in [6.45, 7) is 1.39. The third kappa shape index (κ3) is 1.92. The number of aryl methyl sites for hydroxylation is 1. The monoisotopic (exact) mass is 241 g/mol. The Morgan fingerprint density at radius 1 is 1.53 bits per heavy atom. The van der Waals surface area contributed by atoms with Crippen molar-refractivity contribution in [2.45, 2.75) is 19.3 Å². The average molecular weight is 241 g/mol. The second kappa shape index (κ2) is 4.44. The summed E-state index contributed by atoms with van der Waals surface area (Å²) in [5.41, 5.74) is 5.66. The van der Waals surface area contributed by atoms with E-state index >= 15 is 0 Å². The van der Waals surface area contributed by atoms with E-state index in [1.807, 2.05) is 0 Å². The zero-order valence-electron chi connectivity index (χ0n) is 9.41. The Bertz CT molecular complexity index is 473. The van der Waals surface area contributed by atoms with Gasteiger partial charge in [0.15, 0.2) is 0 Å². The summed E-state index contributed by atoms with van der Waals surface area (Å²) in [4.78, 5) is 15.3. The van der Waals surface area contributed by atoms with Crippen molar-refractivity contribution in [3.8, 4) is 0 Å². The maximum atomic E-state index is 11.6. The first kappa shape index (κ1) is 12.0. The van der Waals surface area contributed by atoms with E-state index in [-0.39, 0.29) is 24.9 Å². The van der Waals surface area contributed by atoms with Crippen LogP contribution in [0.3, 0.4) is 0 Å². The van der Waals surface area contributed by atoms with Crippen molar-refractivity contribution in [3.05, 3.63) is 22.2 Å². The van der Waals surface area contributed by atoms with Crippen molar-refractivity contribution in [1.82, 2.24) is 9.55 Å². The van der Waals surface area contributed by atoms with E-state index in [4.69, 9.17) is 15.6 Å². The number of anilines is 1. The van der Waals surface area contributed by atoms with Gasteiger partial charge in [-0.1, -0.05) is 0 Å². The lowest BCUT2D eigenvalue weighted by Crippen LogP contribution is -2.52. The minimum atomic E-state index is -0.587. The van der Waals surface area contributed by atoms with E-state index in [9.17, 15) is 9.90 Å². The van der Waals surface area contributed by atoms with Gasteiger partial charge in [-0.15, -0.1) is 0 Å². The lowest BCUT2D eigenvalue weighted by atomic mass is 9.95. The number of ether oxygens (including phenoxy) is 1. The van der Waals surface area contributed by atoms with Crippen LogP contribution < -0.4 is 11.4 Å². The van der Waals surface area contributed by atoms with E-state index in [1.54, 1.807) is 13.1 Å². The predicted octanol–water partition coefficient (Wildman–Crippen LogP) is -1.37. The number of nitrogens with zero attached hydrogens (tertiary/aromatic N) is 2. The number of aliphatic hydroxyl groups is 2. The maximum Gasteiger partial charge on any atom is 0.351 e. The van der Waals surface area contributed by atoms with Gasteiger partial charge in [0.2, 0.25) is 0 Å². The minimum Gasteiger partial charge on any atom is -0.396 e. The molecule has 0 saturated carbocycles. The maximum absolute atomic E-state index is 11.6. The topological polar surface area (TPSA) is 111 Å². The van der Waals surface area contributed by atoms with E-state index in [1.165, 1.54) is 4.57 Å². The Morgan fingerprint density at radius 3 is 2.82 bits per heavy atom. The summed E-state index contributed by atoms with van der Waals surface area (Å²) in [5.74, 6) is -0.118. The second-order valence-electron chi connectivity index (χ2n) is 4.09. The highest BCUT2D eigenvalue weighted by Gasteiger charge is 2.43. The molecular weight excluding hydrogens is 226 g/mol. The first-order valence-electron chi connectivity index (χ1n) is 5.31. The number of rotatable bonds is 3. The molecule has 94 valence electrons. The van der Waals surface area contributed by atoms with Crippen LogP contribution in [0.15, 0.2) is 11.0 Å². The van der Waals surface area contributed by atoms with Gasteiger partial charge < -0.3 is 20.7 Å². The highest BCUT2D eigenvalue weighted by atomic mass is 16.6. The van der Waals surface area contributed by atoms with Crippen LogP contribution >= 0.6 is 0 Å². The molecule has 0 bridgehead atoms. The van der Waals surface area contributed by atoms with Gasteiger partial charge in [-0.2, -0.15) is 4.98 Å². The molecule has 7 nitrogen and oxygen atoms in total. The van der Waals surface area contributed by atoms with Crippen molar-refractivity contribution in [1.29, 1.82) is 0 Å². The molecule has 4 N–H and O–H groups in total. The first-order chi connectivity index (χ1) is 8.08. The molecular formula is C10H15N3O4. The number of nitrogens with two attached hydrogens (primary N) is 1. The molecule has 0 aliphatic carbocycles. The molecule has 1 aromatic heterocycles. The van der Waals surface area contributed by atoms with Gasteiger partial charge in [-0.25, -0.2) is 4.79 Å². The summed E-state index contributed by atoms with van der Waals surface area (Å²) in [7, 11) is 0. The largest absolute Gasteiger partial charge is 0.396 e. The van der Waals surface area contributed by atoms with Gasteiger partial charge >= 0.3 is 5.69 Å². The molecule has 1 aliphatic heterocycles. The lowest BCUT2D eigenvalue weighted by molar-refractivity contribution is -0.246. The molecule has 2 rings (SSSR count). The summed E-state index contributed by atoms with van der Waals surface area (Å²) in [5, 5.41) is 18.1. The van der Waals surface area contributed by atoms with Gasteiger partial charge in [0, 0.05) is 11.8 Å². The Balaban J connectivity index is 2.30. The SMILES string of the molecule is Cc1cn([C@@H]2O[C@H](CO)[C@H]2CO)c(=O)nc1N. The number of aromatic nitrogens is 2. The molecule has 2 heterocycles. The number of hydrogen-bond donors (Lipinski definition) is 3. The van der Waals surface area contributed by atoms with Gasteiger partial charge in [0.05, 0.1) is 25.2 Å². The molecule has 1 aliphatic rings. The van der Waals surface area contributed by atoms with Crippen LogP contribution in [-0.4, -0.2) is 39.1 Å². The molecule has 0 spiro atoms. The van der Waals surface area contributed by atoms with Crippen LogP contribution in [0, 0.1) is 12.8 Å². The Hall–Kier alpha value is -1.44. The zero-order chi connectivity index (χ0) is 12.6. The van der Waals surface area contributed by atoms with Gasteiger partial charge in [0.25, 0.3) is 0 Å². The van der Waals surface area contributed by atoms with Crippen LogP contribution in [0.5, 0.6) is 0 Å². The van der Waals surface area contributed by atoms with Crippen LogP contribution in [0.4, 0.5) is 5.82 Å². The van der Waals surface area contributed by atoms with Crippen molar-refractivity contribution in [2.24, 2.45) is 5.92 Å². The van der Waals surface area contributed by atoms with Crippen LogP contribution in [0.25, 0.3) is 0 Å². The summed E-state index contributed by atoms with van der Waals surface area (Å²) in [6, 6.07) is 0. The molecule has 1 aromatic rings. The van der Waals surface area contributed by atoms with E-state index in [0.717, 1.165) is 0 Å². The fourth-order valence-corrected chi connectivity index (χ4v) is 1.89. The van der Waals surface area contributed by atoms with Gasteiger partial charge in [-0.3, -0.25) is 4.57 Å². The second-order valence-corrected chi connectivity index (χ2v) is 4.09. The molecule has 3 atom stereocenters. The highest BCUT2D eigenvalue weighted by Crippen LogP contribution is 2.35. The smallest absolute Gasteiger partial charge is 0.351 e. The van der Waals surface area contributed by atoms with Crippen molar-refractivity contribution < 1.29 is 14.9 Å². The van der Waals surface area contributed by atoms with E-state index in [0.29, 0.717) is 5.56 Å². The zero-order valence-corrected chi connectivity index (χ0v) is 9.41. The van der Waals surface area contributed by atoms with Gasteiger partial charge in [-0.05, 0) is 6.92 Å². The lowest BCUT2D eigenvalue weighted by Gasteiger charge is -2.43. The fraction of sp³-hybridized carbons (Fsp3) is 0.600. The van der Waals surface area contributed by atoms with E-state index < -0.39 is 18.0 Å². The Kier molecular flexibility index (Phi) is 3.14. The highest BCUT2D eigenvalue weighted by molar-refractivity contribution is 5.35. The number of aliphatic hydroxyl groups excluding tert-OH is 2. The van der Waals surface area contributed by atoms with Crippen LogP contribution in [-0.2, 0) is 4.74 Å². The first-order valence-corrected chi connectivity index (χ1v) is 5.31. The Morgan fingerprint density at radius 2 is 2.24 bits per heavy atom. The fourth-order valence-electron chi connectivity index (χ4n) is 1.89. The van der Waals surface area contributed by atoms with Crippen molar-refractivity contribution in [3.63, 3.8) is 0 Å². The predicted molar refractivity (Wildman–Crippen MR) is 59.2 cm³/mol. The molecule has 0 amide bonds. The van der Waals surface area contributed by atoms with Crippen molar-refractivity contribution >= 4 is 5.82 Å². The Labute approximate surface area is 97.5 Å². The van der Waals surface area contributed by atoms with E-state index in [2.05, 4.69) is 4.98 Å². The third-order valence-corrected chi connectivity index (χ3v) is 3.00. The third-order valence-electron chi connectivity index (χ3n) is 3.00. The minimum absolute atomic E-state index is 0.161. The molecule has 7 heteroatoms. The number of hydrogen-bond acceptors (Lipinski definition) is 6. The standard InChI is InChI=1S/C10H15N3O4/c1-5-2-13(10(16)12-8(5)11)9-6(3-14)7(4-15)17-9/h2,6-7,9,14-15H,3-4H2,1H3,(H2,11,12,16)/t6-,7-,9-/m1/s1. The summed E-state index contributed by atoms with van der Waals surface area (Å²) in [6.07, 6.45) is 0.525. The van der Waals surface area contributed by atoms with Crippen molar-refractivity contribution in [2.75, 3.05) is 18.9 Å². The number of nitrogen functional groups attached to an aromatic ring is 1. The molecule has 0 aromatic carbocycles. The van der Waals surface area contributed by atoms with Gasteiger partial charge in [0.1, 0.15) is 12.0 Å². The molecule has 1 fully saturated rings. The molecule has 0 radical (unpaired) electrons. The molecule has 17 heavy (non-hydrogen) atoms. The van der Waals surface area contributed by atoms with Crippen LogP contribution in [0.2, 0.25) is 0 Å². The molecule has 0 unspecified atom stereocenters.